The van der Waals surface area contributed by atoms with Crippen LogP contribution in [0.5, 0.6) is 0 Å². The lowest BCUT2D eigenvalue weighted by molar-refractivity contribution is 0.0415. The molecule has 0 saturated carbocycles. The SMILES string of the molecule is CC(C)(C)OC(=O)N[C@@H](Cc1ccccc1)[C@H](O)CNC[C@H]1CCCO1. The predicted octanol–water partition coefficient (Wildman–Crippen LogP) is 2.25. The molecular weight excluding hydrogens is 332 g/mol. The Morgan fingerprint density at radius 3 is 2.69 bits per heavy atom. The minimum absolute atomic E-state index is 0.216. The molecule has 3 atom stereocenters. The lowest BCUT2D eigenvalue weighted by atomic mass is 10.0. The molecule has 1 aromatic rings. The van der Waals surface area contributed by atoms with E-state index in [-0.39, 0.29) is 6.10 Å². The Labute approximate surface area is 156 Å². The molecular formula is C20H32N2O4. The fourth-order valence-corrected chi connectivity index (χ4v) is 2.95. The summed E-state index contributed by atoms with van der Waals surface area (Å²) in [6.45, 7) is 7.36. The van der Waals surface area contributed by atoms with Gasteiger partial charge in [0.05, 0.1) is 18.2 Å². The Morgan fingerprint density at radius 1 is 1.35 bits per heavy atom. The Hall–Kier alpha value is -1.63. The minimum Gasteiger partial charge on any atom is -0.444 e. The first kappa shape index (κ1) is 20.7. The number of hydrogen-bond acceptors (Lipinski definition) is 5. The molecule has 1 aromatic carbocycles. The van der Waals surface area contributed by atoms with Gasteiger partial charge in [0.25, 0.3) is 0 Å². The highest BCUT2D eigenvalue weighted by atomic mass is 16.6. The molecule has 1 fully saturated rings. The zero-order chi connectivity index (χ0) is 19.0. The van der Waals surface area contributed by atoms with E-state index in [1.807, 2.05) is 51.1 Å². The summed E-state index contributed by atoms with van der Waals surface area (Å²) in [6, 6.07) is 9.36. The first-order chi connectivity index (χ1) is 12.3. The zero-order valence-corrected chi connectivity index (χ0v) is 16.0. The normalized spacial score (nSPS) is 19.8. The number of ether oxygens (including phenoxy) is 2. The van der Waals surface area contributed by atoms with Crippen LogP contribution in [-0.4, -0.2) is 54.7 Å². The van der Waals surface area contributed by atoms with Crippen molar-refractivity contribution >= 4 is 6.09 Å². The number of benzene rings is 1. The number of alkyl carbamates (subject to hydrolysis) is 1. The van der Waals surface area contributed by atoms with Gasteiger partial charge in [-0.2, -0.15) is 0 Å². The van der Waals surface area contributed by atoms with Crippen molar-refractivity contribution in [1.29, 1.82) is 0 Å². The molecule has 2 rings (SSSR count). The summed E-state index contributed by atoms with van der Waals surface area (Å²) >= 11 is 0. The zero-order valence-electron chi connectivity index (χ0n) is 16.0. The highest BCUT2D eigenvalue weighted by Gasteiger charge is 2.25. The van der Waals surface area contributed by atoms with Gasteiger partial charge in [-0.15, -0.1) is 0 Å². The topological polar surface area (TPSA) is 79.8 Å². The second-order valence-corrected chi connectivity index (χ2v) is 7.80. The van der Waals surface area contributed by atoms with Crippen molar-refractivity contribution in [3.8, 4) is 0 Å². The molecule has 0 radical (unpaired) electrons. The first-order valence-electron chi connectivity index (χ1n) is 9.37. The maximum Gasteiger partial charge on any atom is 0.407 e. The number of carbonyl (C=O) groups excluding carboxylic acids is 1. The minimum atomic E-state index is -0.732. The Morgan fingerprint density at radius 2 is 2.08 bits per heavy atom. The highest BCUT2D eigenvalue weighted by molar-refractivity contribution is 5.68. The van der Waals surface area contributed by atoms with Crippen molar-refractivity contribution < 1.29 is 19.4 Å². The summed E-state index contributed by atoms with van der Waals surface area (Å²) in [6.07, 6.45) is 1.63. The van der Waals surface area contributed by atoms with Crippen molar-refractivity contribution in [3.05, 3.63) is 35.9 Å². The van der Waals surface area contributed by atoms with E-state index in [0.29, 0.717) is 19.5 Å². The number of aliphatic hydroxyl groups excluding tert-OH is 1. The van der Waals surface area contributed by atoms with Gasteiger partial charge in [-0.1, -0.05) is 30.3 Å². The van der Waals surface area contributed by atoms with Crippen molar-refractivity contribution in [1.82, 2.24) is 10.6 Å². The summed E-state index contributed by atoms with van der Waals surface area (Å²) < 4.78 is 10.9. The molecule has 3 N–H and O–H groups in total. The Kier molecular flexibility index (Phi) is 7.87. The van der Waals surface area contributed by atoms with Crippen LogP contribution in [0.1, 0.15) is 39.2 Å². The maximum absolute atomic E-state index is 12.2. The van der Waals surface area contributed by atoms with Crippen LogP contribution in [-0.2, 0) is 15.9 Å². The molecule has 146 valence electrons. The van der Waals surface area contributed by atoms with E-state index in [9.17, 15) is 9.90 Å². The van der Waals surface area contributed by atoms with Crippen LogP contribution < -0.4 is 10.6 Å². The van der Waals surface area contributed by atoms with Crippen LogP contribution in [0, 0.1) is 0 Å². The van der Waals surface area contributed by atoms with Crippen molar-refractivity contribution in [3.63, 3.8) is 0 Å². The summed E-state index contributed by atoms with van der Waals surface area (Å²) in [7, 11) is 0. The molecule has 6 heteroatoms. The van der Waals surface area contributed by atoms with Gasteiger partial charge in [0, 0.05) is 19.7 Å². The predicted molar refractivity (Wildman–Crippen MR) is 101 cm³/mol. The van der Waals surface area contributed by atoms with E-state index in [1.54, 1.807) is 0 Å². The van der Waals surface area contributed by atoms with Gasteiger partial charge in [-0.25, -0.2) is 4.79 Å². The van der Waals surface area contributed by atoms with Gasteiger partial charge in [0.1, 0.15) is 5.60 Å². The molecule has 0 aromatic heterocycles. The van der Waals surface area contributed by atoms with Crippen LogP contribution in [0.25, 0.3) is 0 Å². The molecule has 26 heavy (non-hydrogen) atoms. The lowest BCUT2D eigenvalue weighted by Gasteiger charge is -2.27. The van der Waals surface area contributed by atoms with E-state index in [0.717, 1.165) is 25.0 Å². The van der Waals surface area contributed by atoms with Crippen LogP contribution in [0.2, 0.25) is 0 Å². The summed E-state index contributed by atoms with van der Waals surface area (Å²) in [4.78, 5) is 12.2. The molecule has 6 nitrogen and oxygen atoms in total. The van der Waals surface area contributed by atoms with Crippen molar-refractivity contribution in [2.75, 3.05) is 19.7 Å². The van der Waals surface area contributed by atoms with E-state index < -0.39 is 23.8 Å². The van der Waals surface area contributed by atoms with Gasteiger partial charge in [0.15, 0.2) is 0 Å². The molecule has 1 heterocycles. The van der Waals surface area contributed by atoms with Crippen LogP contribution in [0.4, 0.5) is 4.79 Å². The standard InChI is InChI=1S/C20H32N2O4/c1-20(2,3)26-19(24)22-17(12-15-8-5-4-6-9-15)18(23)14-21-13-16-10-7-11-25-16/h4-6,8-9,16-18,21,23H,7,10-14H2,1-3H3,(H,22,24)/t16-,17+,18-/m1/s1. The summed E-state index contributed by atoms with van der Waals surface area (Å²) in [5, 5.41) is 16.7. The number of hydrogen-bond donors (Lipinski definition) is 3. The third-order valence-corrected chi connectivity index (χ3v) is 4.21. The Bertz CT molecular complexity index is 538. The summed E-state index contributed by atoms with van der Waals surface area (Å²) in [5.74, 6) is 0. The van der Waals surface area contributed by atoms with E-state index in [4.69, 9.17) is 9.47 Å². The van der Waals surface area contributed by atoms with Crippen LogP contribution in [0.3, 0.4) is 0 Å². The molecule has 1 aliphatic rings. The lowest BCUT2D eigenvalue weighted by Crippen LogP contribution is -2.50. The first-order valence-corrected chi connectivity index (χ1v) is 9.37. The largest absolute Gasteiger partial charge is 0.444 e. The second kappa shape index (κ2) is 9.90. The monoisotopic (exact) mass is 364 g/mol. The van der Waals surface area contributed by atoms with E-state index in [1.165, 1.54) is 0 Å². The van der Waals surface area contributed by atoms with Crippen molar-refractivity contribution in [2.45, 2.75) is 63.9 Å². The maximum atomic E-state index is 12.2. The number of amides is 1. The fraction of sp³-hybridized carbons (Fsp3) is 0.650. The summed E-state index contributed by atoms with van der Waals surface area (Å²) in [5.41, 5.74) is 0.469. The molecule has 0 aliphatic carbocycles. The molecule has 1 amide bonds. The highest BCUT2D eigenvalue weighted by Crippen LogP contribution is 2.12. The van der Waals surface area contributed by atoms with E-state index >= 15 is 0 Å². The number of nitrogens with one attached hydrogen (secondary N) is 2. The smallest absolute Gasteiger partial charge is 0.407 e. The third kappa shape index (κ3) is 7.72. The van der Waals surface area contributed by atoms with Gasteiger partial charge in [0.2, 0.25) is 0 Å². The third-order valence-electron chi connectivity index (χ3n) is 4.21. The molecule has 0 bridgehead atoms. The van der Waals surface area contributed by atoms with Crippen LogP contribution >= 0.6 is 0 Å². The average molecular weight is 364 g/mol. The quantitative estimate of drug-likeness (QED) is 0.659. The fourth-order valence-electron chi connectivity index (χ4n) is 2.95. The molecule has 1 saturated heterocycles. The molecule has 0 spiro atoms. The van der Waals surface area contributed by atoms with Crippen molar-refractivity contribution in [2.24, 2.45) is 0 Å². The van der Waals surface area contributed by atoms with E-state index in [2.05, 4.69) is 10.6 Å². The molecule has 1 aliphatic heterocycles. The average Bonchev–Trinajstić information content (AvgIpc) is 3.06. The van der Waals surface area contributed by atoms with Gasteiger partial charge < -0.3 is 25.2 Å². The number of rotatable bonds is 8. The molecule has 0 unspecified atom stereocenters. The second-order valence-electron chi connectivity index (χ2n) is 7.80. The van der Waals surface area contributed by atoms with Gasteiger partial charge in [-0.05, 0) is 45.6 Å². The number of carbonyl (C=O) groups is 1. The number of aliphatic hydroxyl groups is 1. The Balaban J connectivity index is 1.90. The van der Waals surface area contributed by atoms with Crippen LogP contribution in [0.15, 0.2) is 30.3 Å². The van der Waals surface area contributed by atoms with Gasteiger partial charge >= 0.3 is 6.09 Å². The van der Waals surface area contributed by atoms with Gasteiger partial charge in [-0.3, -0.25) is 0 Å².